The van der Waals surface area contributed by atoms with Crippen LogP contribution in [0.4, 0.5) is 0 Å². The van der Waals surface area contributed by atoms with Crippen LogP contribution in [0.15, 0.2) is 77.9 Å². The second-order valence-corrected chi connectivity index (χ2v) is 14.2. The second kappa shape index (κ2) is 20.0. The van der Waals surface area contributed by atoms with E-state index in [9.17, 15) is 0 Å². The van der Waals surface area contributed by atoms with E-state index in [2.05, 4.69) is 135 Å². The number of benzene rings is 3. The zero-order valence-electron chi connectivity index (χ0n) is 30.1. The fraction of sp³-hybridized carbons (Fsp3) is 0.429. The van der Waals surface area contributed by atoms with Crippen molar-refractivity contribution in [2.24, 2.45) is 11.3 Å². The number of allylic oxidation sites excluding steroid dienone is 4. The normalized spacial score (nSPS) is 14.3. The molecule has 0 N–H and O–H groups in total. The monoisotopic (exact) mass is 722 g/mol. The van der Waals surface area contributed by atoms with Gasteiger partial charge in [-0.15, -0.1) is 30.4 Å². The smallest absolute Gasteiger partial charge is 0.171 e. The number of halogens is 2. The van der Waals surface area contributed by atoms with E-state index in [1.165, 1.54) is 75.2 Å². The summed E-state index contributed by atoms with van der Waals surface area (Å²) in [5, 5.41) is 0. The molecule has 0 radical (unpaired) electrons. The molecule has 3 aromatic rings. The van der Waals surface area contributed by atoms with Gasteiger partial charge in [-0.05, 0) is 17.4 Å². The third-order valence-electron chi connectivity index (χ3n) is 7.79. The van der Waals surface area contributed by atoms with Crippen molar-refractivity contribution in [3.8, 4) is 11.1 Å². The van der Waals surface area contributed by atoms with Crippen LogP contribution in [0.25, 0.3) is 11.1 Å². The summed E-state index contributed by atoms with van der Waals surface area (Å²) in [7, 11) is 0. The van der Waals surface area contributed by atoms with Gasteiger partial charge in [0, 0.05) is 0 Å². The number of fused-ring (bicyclic) bond motifs is 3. The van der Waals surface area contributed by atoms with Crippen LogP contribution in [0, 0.1) is 37.0 Å². The minimum Gasteiger partial charge on any atom is -0.358 e. The standard InChI is InChI=1S/C21H25.C13H21.C6H5.CH3.CH2.2ClH.Zr/c1-20(2,3)16-9-7-14-11-15-8-10-17(21(4,5)6)13-19(15)18(14)12-16;1-6-10-8-11(7-2)12(9-10)13(3,4)5;1-2-4-6-5-3-1;;;;;/h7,9-10,12-13H,11H2,1-6H3;9-10H,6-7H2,1-5H3;1-5H;1H3;1H2;2*1H;/q4*-1;;;;. The van der Waals surface area contributed by atoms with Gasteiger partial charge in [-0.3, -0.25) is 6.08 Å². The number of hydrogen-bond donors (Lipinski definition) is 0. The van der Waals surface area contributed by atoms with Crippen molar-refractivity contribution in [3.63, 3.8) is 0 Å². The summed E-state index contributed by atoms with van der Waals surface area (Å²) >= 11 is 1.30. The fourth-order valence-electron chi connectivity index (χ4n) is 5.19. The van der Waals surface area contributed by atoms with Crippen LogP contribution in [0.3, 0.4) is 0 Å². The average molecular weight is 725 g/mol. The minimum atomic E-state index is 0. The van der Waals surface area contributed by atoms with Crippen molar-refractivity contribution in [1.82, 2.24) is 0 Å². The third-order valence-corrected chi connectivity index (χ3v) is 7.79. The largest absolute Gasteiger partial charge is 0.358 e. The van der Waals surface area contributed by atoms with Crippen LogP contribution < -0.4 is 0 Å². The van der Waals surface area contributed by atoms with Crippen molar-refractivity contribution in [2.45, 2.75) is 106 Å². The Balaban J connectivity index is 0. The number of rotatable bonds is 2. The molecule has 3 heteroatoms. The second-order valence-electron chi connectivity index (χ2n) is 14.2. The average Bonchev–Trinajstić information content (AvgIpc) is 3.56. The molecule has 0 spiro atoms. The molecule has 2 aliphatic carbocycles. The van der Waals surface area contributed by atoms with Crippen LogP contribution in [0.1, 0.15) is 111 Å². The predicted molar refractivity (Wildman–Crippen MR) is 203 cm³/mol. The molecule has 45 heavy (non-hydrogen) atoms. The van der Waals surface area contributed by atoms with Crippen LogP contribution in [0.2, 0.25) is 0 Å². The Morgan fingerprint density at radius 1 is 0.778 bits per heavy atom. The molecular weight excluding hydrogens is 667 g/mol. The van der Waals surface area contributed by atoms with Crippen LogP contribution in [0.5, 0.6) is 0 Å². The summed E-state index contributed by atoms with van der Waals surface area (Å²) in [6.07, 6.45) is 9.31. The predicted octanol–water partition coefficient (Wildman–Crippen LogP) is 12.5. The van der Waals surface area contributed by atoms with E-state index in [1.807, 2.05) is 30.3 Å². The molecule has 0 bridgehead atoms. The molecule has 0 heterocycles. The van der Waals surface area contributed by atoms with Gasteiger partial charge < -0.3 is 7.43 Å². The maximum absolute atomic E-state index is 3.57. The zero-order chi connectivity index (χ0) is 31.7. The van der Waals surface area contributed by atoms with Crippen molar-refractivity contribution in [3.05, 3.63) is 126 Å². The molecule has 0 saturated heterocycles. The quantitative estimate of drug-likeness (QED) is 0.181. The first kappa shape index (κ1) is 45.6. The van der Waals surface area contributed by atoms with E-state index in [-0.39, 0.29) is 43.1 Å². The van der Waals surface area contributed by atoms with Gasteiger partial charge in [0.15, 0.2) is 0 Å². The molecule has 0 aromatic heterocycles. The molecule has 1 unspecified atom stereocenters. The van der Waals surface area contributed by atoms with Crippen LogP contribution in [-0.4, -0.2) is 4.21 Å². The Morgan fingerprint density at radius 2 is 1.33 bits per heavy atom. The Morgan fingerprint density at radius 3 is 1.73 bits per heavy atom. The molecule has 0 saturated carbocycles. The van der Waals surface area contributed by atoms with Gasteiger partial charge >= 0.3 is 28.4 Å². The molecule has 3 aromatic carbocycles. The Hall–Kier alpha value is -1.53. The van der Waals surface area contributed by atoms with E-state index in [4.69, 9.17) is 0 Å². The minimum absolute atomic E-state index is 0. The summed E-state index contributed by atoms with van der Waals surface area (Å²) in [5.74, 6) is 0.573. The van der Waals surface area contributed by atoms with Gasteiger partial charge in [-0.25, -0.2) is 5.57 Å². The van der Waals surface area contributed by atoms with Crippen molar-refractivity contribution >= 4 is 29.0 Å². The van der Waals surface area contributed by atoms with Crippen LogP contribution in [-0.2, 0) is 41.5 Å². The van der Waals surface area contributed by atoms with E-state index in [0.29, 0.717) is 11.3 Å². The Labute approximate surface area is 305 Å². The van der Waals surface area contributed by atoms with Gasteiger partial charge in [0.1, 0.15) is 0 Å². The first-order chi connectivity index (χ1) is 19.6. The van der Waals surface area contributed by atoms with Crippen molar-refractivity contribution in [2.75, 3.05) is 0 Å². The summed E-state index contributed by atoms with van der Waals surface area (Å²) in [6, 6.07) is 27.6. The Kier molecular flexibility index (Phi) is 20.2. The molecule has 0 nitrogen and oxygen atoms in total. The summed E-state index contributed by atoms with van der Waals surface area (Å²) in [5.41, 5.74) is 12.0. The van der Waals surface area contributed by atoms with Gasteiger partial charge in [-0.1, -0.05) is 135 Å². The van der Waals surface area contributed by atoms with E-state index >= 15 is 0 Å². The van der Waals surface area contributed by atoms with Crippen LogP contribution >= 0.6 is 24.8 Å². The van der Waals surface area contributed by atoms with E-state index in [0.717, 1.165) is 12.8 Å². The molecular formula is C42H58Cl2Zr-4. The summed E-state index contributed by atoms with van der Waals surface area (Å²) in [6.45, 7) is 25.0. The maximum Gasteiger partial charge on any atom is -0.171 e. The van der Waals surface area contributed by atoms with Gasteiger partial charge in [0.2, 0.25) is 0 Å². The SMILES string of the molecule is CC(C)(C)c1c[c-]c2c(c1)-c1cc(C(C)(C)C)ccc1C2.CCC1=[C-]C(CC)C=C1C(C)(C)C.Cl.Cl.[CH2]=[Zr].[CH3-].[c-]1ccccc1. The Bertz CT molecular complexity index is 1260. The van der Waals surface area contributed by atoms with Gasteiger partial charge in [0.05, 0.1) is 0 Å². The molecule has 2 aliphatic rings. The van der Waals surface area contributed by atoms with Gasteiger partial charge in [0.25, 0.3) is 0 Å². The maximum atomic E-state index is 3.57. The van der Waals surface area contributed by atoms with Crippen molar-refractivity contribution in [1.29, 1.82) is 0 Å². The molecule has 0 fully saturated rings. The van der Waals surface area contributed by atoms with E-state index in [1.54, 1.807) is 0 Å². The summed E-state index contributed by atoms with van der Waals surface area (Å²) < 4.78 is 3.34. The molecule has 1 atom stereocenters. The number of hydrogen-bond acceptors (Lipinski definition) is 0. The topological polar surface area (TPSA) is 0 Å². The first-order valence-electron chi connectivity index (χ1n) is 15.5. The van der Waals surface area contributed by atoms with Crippen molar-refractivity contribution < 1.29 is 24.2 Å². The molecule has 248 valence electrons. The fourth-order valence-corrected chi connectivity index (χ4v) is 5.19. The third kappa shape index (κ3) is 13.2. The molecule has 0 amide bonds. The first-order valence-corrected chi connectivity index (χ1v) is 17.2. The summed E-state index contributed by atoms with van der Waals surface area (Å²) in [4.78, 5) is 0. The molecule has 0 aliphatic heterocycles. The van der Waals surface area contributed by atoms with E-state index < -0.39 is 0 Å². The zero-order valence-corrected chi connectivity index (χ0v) is 34.2. The van der Waals surface area contributed by atoms with Gasteiger partial charge in [-0.2, -0.15) is 77.4 Å². The molecule has 5 rings (SSSR count).